The fourth-order valence-corrected chi connectivity index (χ4v) is 4.29. The first-order valence-corrected chi connectivity index (χ1v) is 10.3. The Morgan fingerprint density at radius 3 is 2.66 bits per heavy atom. The number of carbonyl (C=O) groups excluding carboxylic acids is 2. The van der Waals surface area contributed by atoms with Crippen LogP contribution in [-0.4, -0.2) is 49.4 Å². The van der Waals surface area contributed by atoms with Crippen LogP contribution >= 0.6 is 11.3 Å². The van der Waals surface area contributed by atoms with Gasteiger partial charge < -0.3 is 21.7 Å². The van der Waals surface area contributed by atoms with Crippen LogP contribution in [0.3, 0.4) is 0 Å². The molecule has 0 aliphatic carbocycles. The van der Waals surface area contributed by atoms with Crippen LogP contribution in [0.25, 0.3) is 10.1 Å². The van der Waals surface area contributed by atoms with Crippen LogP contribution in [0.1, 0.15) is 9.67 Å². The van der Waals surface area contributed by atoms with Gasteiger partial charge in [-0.25, -0.2) is 0 Å². The summed E-state index contributed by atoms with van der Waals surface area (Å²) in [6.07, 6.45) is 0. The quantitative estimate of drug-likeness (QED) is 0.486. The van der Waals surface area contributed by atoms with E-state index in [1.165, 1.54) is 11.3 Å². The molecule has 0 saturated carbocycles. The molecule has 5 N–H and O–H groups in total. The van der Waals surface area contributed by atoms with E-state index >= 15 is 0 Å². The molecule has 0 unspecified atom stereocenters. The van der Waals surface area contributed by atoms with Crippen LogP contribution in [0.15, 0.2) is 48.5 Å². The highest BCUT2D eigenvalue weighted by molar-refractivity contribution is 7.21. The van der Waals surface area contributed by atoms with Crippen LogP contribution in [0, 0.1) is 0 Å². The standard InChI is InChI=1S/C21H23N5O2S/c22-16-3-1-2-4-17(16)25-21(28)19-11-14-5-6-15(12-18(14)29-19)24-20(27)13-26-9-7-23-8-10-26/h1-6,11-12,23H,7-10,13,22H2,(H,24,27)(H,25,28). The number of nitrogen functional groups attached to an aromatic ring is 1. The maximum atomic E-state index is 12.6. The molecule has 0 atom stereocenters. The number of hydrogen-bond acceptors (Lipinski definition) is 6. The number of benzene rings is 2. The molecule has 2 aromatic carbocycles. The van der Waals surface area contributed by atoms with Crippen LogP contribution in [0.2, 0.25) is 0 Å². The third kappa shape index (κ3) is 4.73. The molecule has 29 heavy (non-hydrogen) atoms. The number of para-hydroxylation sites is 2. The molecule has 3 aromatic rings. The van der Waals surface area contributed by atoms with Crippen molar-refractivity contribution in [3.05, 3.63) is 53.4 Å². The topological polar surface area (TPSA) is 99.5 Å². The third-order valence-electron chi connectivity index (χ3n) is 4.81. The molecule has 1 saturated heterocycles. The maximum Gasteiger partial charge on any atom is 0.265 e. The Balaban J connectivity index is 1.43. The van der Waals surface area contributed by atoms with Crippen molar-refractivity contribution < 1.29 is 9.59 Å². The summed E-state index contributed by atoms with van der Waals surface area (Å²) >= 11 is 1.38. The summed E-state index contributed by atoms with van der Waals surface area (Å²) in [6.45, 7) is 3.96. The number of nitrogens with two attached hydrogens (primary N) is 1. The van der Waals surface area contributed by atoms with Crippen LogP contribution in [-0.2, 0) is 4.79 Å². The lowest BCUT2D eigenvalue weighted by molar-refractivity contribution is -0.117. The number of hydrogen-bond donors (Lipinski definition) is 4. The zero-order valence-electron chi connectivity index (χ0n) is 15.9. The summed E-state index contributed by atoms with van der Waals surface area (Å²) in [6, 6.07) is 14.7. The lowest BCUT2D eigenvalue weighted by Gasteiger charge is -2.26. The fraction of sp³-hybridized carbons (Fsp3) is 0.238. The summed E-state index contributed by atoms with van der Waals surface area (Å²) in [5.74, 6) is -0.228. The molecule has 1 aliphatic heterocycles. The summed E-state index contributed by atoms with van der Waals surface area (Å²) in [5.41, 5.74) is 7.75. The molecule has 150 valence electrons. The first kappa shape index (κ1) is 19.4. The fourth-order valence-electron chi connectivity index (χ4n) is 3.29. The van der Waals surface area contributed by atoms with Crippen molar-refractivity contribution in [1.82, 2.24) is 10.2 Å². The van der Waals surface area contributed by atoms with Gasteiger partial charge in [-0.15, -0.1) is 11.3 Å². The number of thiophene rings is 1. The monoisotopic (exact) mass is 409 g/mol. The second kappa shape index (κ2) is 8.60. The van der Waals surface area contributed by atoms with Gasteiger partial charge in [0.1, 0.15) is 0 Å². The Hall–Kier alpha value is -2.94. The molecule has 1 aliphatic rings. The number of fused-ring (bicyclic) bond motifs is 1. The van der Waals surface area contributed by atoms with Crippen molar-refractivity contribution in [3.8, 4) is 0 Å². The number of nitrogens with zero attached hydrogens (tertiary/aromatic N) is 1. The van der Waals surface area contributed by atoms with Crippen molar-refractivity contribution in [2.75, 3.05) is 49.1 Å². The van der Waals surface area contributed by atoms with Gasteiger partial charge in [-0.05, 0) is 35.7 Å². The maximum absolute atomic E-state index is 12.6. The van der Waals surface area contributed by atoms with Gasteiger partial charge in [0.05, 0.1) is 22.8 Å². The molecule has 1 aromatic heterocycles. The second-order valence-corrected chi connectivity index (χ2v) is 8.06. The zero-order chi connectivity index (χ0) is 20.2. The predicted molar refractivity (Wildman–Crippen MR) is 119 cm³/mol. The average Bonchev–Trinajstić information content (AvgIpc) is 3.14. The number of piperazine rings is 1. The smallest absolute Gasteiger partial charge is 0.265 e. The van der Waals surface area contributed by atoms with E-state index in [4.69, 9.17) is 5.73 Å². The van der Waals surface area contributed by atoms with Gasteiger partial charge in [0.15, 0.2) is 0 Å². The van der Waals surface area contributed by atoms with Crippen LogP contribution < -0.4 is 21.7 Å². The minimum absolute atomic E-state index is 0.0275. The number of nitrogens with one attached hydrogen (secondary N) is 3. The van der Waals surface area contributed by atoms with E-state index in [0.29, 0.717) is 22.8 Å². The predicted octanol–water partition coefficient (Wildman–Crippen LogP) is 2.58. The van der Waals surface area contributed by atoms with Gasteiger partial charge in [0, 0.05) is 36.6 Å². The normalized spacial score (nSPS) is 14.6. The van der Waals surface area contributed by atoms with Crippen molar-refractivity contribution in [2.24, 2.45) is 0 Å². The first-order valence-electron chi connectivity index (χ1n) is 9.51. The summed E-state index contributed by atoms with van der Waals surface area (Å²) in [4.78, 5) is 27.6. The largest absolute Gasteiger partial charge is 0.397 e. The van der Waals surface area contributed by atoms with Gasteiger partial charge in [-0.3, -0.25) is 14.5 Å². The van der Waals surface area contributed by atoms with Gasteiger partial charge in [0.25, 0.3) is 5.91 Å². The lowest BCUT2D eigenvalue weighted by atomic mass is 10.2. The molecule has 2 amide bonds. The Morgan fingerprint density at radius 1 is 1.07 bits per heavy atom. The van der Waals surface area contributed by atoms with Gasteiger partial charge in [-0.1, -0.05) is 18.2 Å². The average molecular weight is 410 g/mol. The van der Waals surface area contributed by atoms with Gasteiger partial charge >= 0.3 is 0 Å². The summed E-state index contributed by atoms with van der Waals surface area (Å²) in [5, 5.41) is 10.0. The molecule has 4 rings (SSSR count). The van der Waals surface area contributed by atoms with E-state index in [1.807, 2.05) is 36.4 Å². The van der Waals surface area contributed by atoms with Crippen LogP contribution in [0.5, 0.6) is 0 Å². The minimum Gasteiger partial charge on any atom is -0.397 e. The Bertz CT molecular complexity index is 1040. The Kier molecular flexibility index (Phi) is 5.75. The molecular formula is C21H23N5O2S. The summed E-state index contributed by atoms with van der Waals surface area (Å²) < 4.78 is 0.941. The molecule has 1 fully saturated rings. The van der Waals surface area contributed by atoms with Crippen LogP contribution in [0.4, 0.5) is 17.1 Å². The first-order chi connectivity index (χ1) is 14.1. The Labute approximate surface area is 172 Å². The zero-order valence-corrected chi connectivity index (χ0v) is 16.7. The number of rotatable bonds is 5. The van der Waals surface area contributed by atoms with Gasteiger partial charge in [0.2, 0.25) is 5.91 Å². The molecule has 0 bridgehead atoms. The lowest BCUT2D eigenvalue weighted by Crippen LogP contribution is -2.46. The second-order valence-electron chi connectivity index (χ2n) is 6.98. The van der Waals surface area contributed by atoms with E-state index in [-0.39, 0.29) is 11.8 Å². The Morgan fingerprint density at radius 2 is 1.86 bits per heavy atom. The highest BCUT2D eigenvalue weighted by Crippen LogP contribution is 2.29. The van der Waals surface area contributed by atoms with Crippen molar-refractivity contribution in [1.29, 1.82) is 0 Å². The van der Waals surface area contributed by atoms with E-state index in [0.717, 1.165) is 42.0 Å². The molecule has 0 radical (unpaired) electrons. The molecule has 0 spiro atoms. The van der Waals surface area contributed by atoms with E-state index in [1.54, 1.807) is 12.1 Å². The highest BCUT2D eigenvalue weighted by Gasteiger charge is 2.15. The summed E-state index contributed by atoms with van der Waals surface area (Å²) in [7, 11) is 0. The van der Waals surface area contributed by atoms with Crippen molar-refractivity contribution in [2.45, 2.75) is 0 Å². The molecule has 7 nitrogen and oxygen atoms in total. The van der Waals surface area contributed by atoms with Gasteiger partial charge in [-0.2, -0.15) is 0 Å². The van der Waals surface area contributed by atoms with Crippen molar-refractivity contribution >= 4 is 50.3 Å². The third-order valence-corrected chi connectivity index (χ3v) is 5.91. The number of anilines is 3. The minimum atomic E-state index is -0.201. The number of carbonyl (C=O) groups is 2. The van der Waals surface area contributed by atoms with E-state index < -0.39 is 0 Å². The van der Waals surface area contributed by atoms with E-state index in [9.17, 15) is 9.59 Å². The molecular weight excluding hydrogens is 386 g/mol. The highest BCUT2D eigenvalue weighted by atomic mass is 32.1. The SMILES string of the molecule is Nc1ccccc1NC(=O)c1cc2ccc(NC(=O)CN3CCNCC3)cc2s1. The molecule has 2 heterocycles. The van der Waals surface area contributed by atoms with Crippen molar-refractivity contribution in [3.63, 3.8) is 0 Å². The van der Waals surface area contributed by atoms with E-state index in [2.05, 4.69) is 20.9 Å². The molecule has 8 heteroatoms. The number of amides is 2.